The summed E-state index contributed by atoms with van der Waals surface area (Å²) in [5.41, 5.74) is 6.03. The van der Waals surface area contributed by atoms with Crippen LogP contribution in [0.4, 0.5) is 0 Å². The average Bonchev–Trinajstić information content (AvgIpc) is 2.36. The van der Waals surface area contributed by atoms with Crippen LogP contribution in [-0.4, -0.2) is 17.6 Å². The van der Waals surface area contributed by atoms with Crippen LogP contribution < -0.4 is 15.9 Å². The van der Waals surface area contributed by atoms with Gasteiger partial charge in [-0.1, -0.05) is 12.1 Å². The molecule has 0 fully saturated rings. The fourth-order valence-corrected chi connectivity index (χ4v) is 1.45. The molecule has 0 saturated heterocycles. The number of hydrogen-bond acceptors (Lipinski definition) is 7. The van der Waals surface area contributed by atoms with Gasteiger partial charge in [-0.2, -0.15) is 0 Å². The lowest BCUT2D eigenvalue weighted by atomic mass is 10.1. The summed E-state index contributed by atoms with van der Waals surface area (Å²) in [5.74, 6) is -0.170. The Hall–Kier alpha value is -1.67. The lowest BCUT2D eigenvalue weighted by Gasteiger charge is -2.22. The van der Waals surface area contributed by atoms with Crippen LogP contribution in [0.5, 0.6) is 5.75 Å². The molecule has 1 rings (SSSR count). The molecule has 0 saturated carbocycles. The zero-order chi connectivity index (χ0) is 15.2. The van der Waals surface area contributed by atoms with Crippen LogP contribution in [0.15, 0.2) is 24.3 Å². The van der Waals surface area contributed by atoms with Gasteiger partial charge in [0, 0.05) is 0 Å². The molecular weight excluding hydrogens is 266 g/mol. The molecule has 0 heterocycles. The van der Waals surface area contributed by atoms with E-state index in [2.05, 4.69) is 15.0 Å². The predicted octanol–water partition coefficient (Wildman–Crippen LogP) is 0.415. The van der Waals surface area contributed by atoms with Crippen molar-refractivity contribution in [2.45, 2.75) is 38.8 Å². The second kappa shape index (κ2) is 7.20. The number of carbonyl (C=O) groups is 1. The normalized spacial score (nSPS) is 12.8. The maximum Gasteiger partial charge on any atom is 0.323 e. The summed E-state index contributed by atoms with van der Waals surface area (Å²) in [5, 5.41) is 16.4. The third-order valence-corrected chi connectivity index (χ3v) is 2.25. The molecule has 1 aromatic carbocycles. The molecule has 20 heavy (non-hydrogen) atoms. The number of rotatable bonds is 6. The largest absolute Gasteiger partial charge is 0.689 e. The zero-order valence-corrected chi connectivity index (χ0v) is 11.6. The van der Waals surface area contributed by atoms with Crippen molar-refractivity contribution in [3.05, 3.63) is 29.8 Å². The van der Waals surface area contributed by atoms with Crippen molar-refractivity contribution in [3.63, 3.8) is 0 Å². The van der Waals surface area contributed by atoms with Gasteiger partial charge in [-0.3, -0.25) is 9.83 Å². The first kappa shape index (κ1) is 16.4. The Morgan fingerprint density at radius 2 is 1.90 bits per heavy atom. The van der Waals surface area contributed by atoms with Crippen LogP contribution >= 0.6 is 0 Å². The number of nitrogens with two attached hydrogens (primary N) is 1. The molecule has 2 N–H and O–H groups in total. The van der Waals surface area contributed by atoms with Gasteiger partial charge in [0.2, 0.25) is 0 Å². The Kier molecular flexibility index (Phi) is 5.90. The third-order valence-electron chi connectivity index (χ3n) is 2.25. The SMILES string of the molecule is CC(C)(C)OC(=O)C(N)Cc1ccc(OOO[O-])cc1. The molecule has 112 valence electrons. The average molecular weight is 284 g/mol. The zero-order valence-electron chi connectivity index (χ0n) is 11.6. The minimum atomic E-state index is -0.748. The summed E-state index contributed by atoms with van der Waals surface area (Å²) in [4.78, 5) is 16.2. The van der Waals surface area contributed by atoms with Crippen molar-refractivity contribution in [3.8, 4) is 5.75 Å². The van der Waals surface area contributed by atoms with Crippen molar-refractivity contribution in [2.24, 2.45) is 5.73 Å². The van der Waals surface area contributed by atoms with E-state index in [1.54, 1.807) is 45.0 Å². The van der Waals surface area contributed by atoms with E-state index in [4.69, 9.17) is 10.5 Å². The highest BCUT2D eigenvalue weighted by molar-refractivity contribution is 5.76. The standard InChI is InChI=1S/C13H19NO6/c1-13(2,3)17-12(15)11(14)8-9-4-6-10(7-5-9)18-20-19-16/h4-7,11,16H,8,14H2,1-3H3/p-1. The summed E-state index contributed by atoms with van der Waals surface area (Å²) in [7, 11) is 0. The van der Waals surface area contributed by atoms with E-state index in [9.17, 15) is 10.1 Å². The van der Waals surface area contributed by atoms with E-state index >= 15 is 0 Å². The first-order valence-electron chi connectivity index (χ1n) is 6.02. The second-order valence-electron chi connectivity index (χ2n) is 5.21. The molecular formula is C13H18NO6-. The highest BCUT2D eigenvalue weighted by Gasteiger charge is 2.22. The highest BCUT2D eigenvalue weighted by Crippen LogP contribution is 2.14. The van der Waals surface area contributed by atoms with Crippen molar-refractivity contribution < 1.29 is 29.8 Å². The number of benzene rings is 1. The monoisotopic (exact) mass is 284 g/mol. The highest BCUT2D eigenvalue weighted by atomic mass is 17.6. The topological polar surface area (TPSA) is 103 Å². The number of carbonyl (C=O) groups excluding carboxylic acids is 1. The molecule has 7 nitrogen and oxygen atoms in total. The van der Waals surface area contributed by atoms with Crippen LogP contribution in [0.2, 0.25) is 0 Å². The Balaban J connectivity index is 2.53. The van der Waals surface area contributed by atoms with Gasteiger partial charge in [0.15, 0.2) is 5.75 Å². The van der Waals surface area contributed by atoms with E-state index in [0.717, 1.165) is 5.56 Å². The van der Waals surface area contributed by atoms with Gasteiger partial charge in [0.25, 0.3) is 0 Å². The third kappa shape index (κ3) is 5.98. The van der Waals surface area contributed by atoms with Gasteiger partial charge >= 0.3 is 5.97 Å². The summed E-state index contributed by atoms with van der Waals surface area (Å²) in [6.07, 6.45) is 0.327. The predicted molar refractivity (Wildman–Crippen MR) is 66.8 cm³/mol. The molecule has 0 aromatic heterocycles. The molecule has 1 unspecified atom stereocenters. The molecule has 1 aromatic rings. The fourth-order valence-electron chi connectivity index (χ4n) is 1.45. The van der Waals surface area contributed by atoms with Gasteiger partial charge in [0.1, 0.15) is 11.6 Å². The summed E-state index contributed by atoms with van der Waals surface area (Å²) in [6.45, 7) is 5.34. The molecule has 0 amide bonds. The number of hydrogen-bond donors (Lipinski definition) is 1. The molecule has 0 aliphatic heterocycles. The Bertz CT molecular complexity index is 425. The van der Waals surface area contributed by atoms with Crippen LogP contribution in [0.25, 0.3) is 0 Å². The molecule has 7 heteroatoms. The quantitative estimate of drug-likeness (QED) is 0.458. The number of ether oxygens (including phenoxy) is 1. The smallest absolute Gasteiger partial charge is 0.323 e. The van der Waals surface area contributed by atoms with Crippen molar-refractivity contribution in [1.82, 2.24) is 0 Å². The van der Waals surface area contributed by atoms with Crippen LogP contribution in [-0.2, 0) is 26.0 Å². The van der Waals surface area contributed by atoms with E-state index < -0.39 is 17.6 Å². The van der Waals surface area contributed by atoms with Crippen LogP contribution in [0, 0.1) is 0 Å². The number of esters is 1. The van der Waals surface area contributed by atoms with E-state index in [-0.39, 0.29) is 5.75 Å². The minimum Gasteiger partial charge on any atom is -0.689 e. The molecule has 0 bridgehead atoms. The van der Waals surface area contributed by atoms with Crippen LogP contribution in [0.1, 0.15) is 26.3 Å². The van der Waals surface area contributed by atoms with Gasteiger partial charge in [0.05, 0.1) is 0 Å². The van der Waals surface area contributed by atoms with E-state index in [1.807, 2.05) is 0 Å². The van der Waals surface area contributed by atoms with Crippen molar-refractivity contribution in [1.29, 1.82) is 0 Å². The lowest BCUT2D eigenvalue weighted by Crippen LogP contribution is -2.38. The molecule has 0 aliphatic carbocycles. The van der Waals surface area contributed by atoms with Gasteiger partial charge < -0.3 is 20.6 Å². The van der Waals surface area contributed by atoms with Crippen LogP contribution in [0.3, 0.4) is 0 Å². The summed E-state index contributed by atoms with van der Waals surface area (Å²) in [6, 6.07) is 5.73. The first-order chi connectivity index (χ1) is 9.31. The van der Waals surface area contributed by atoms with E-state index in [1.165, 1.54) is 0 Å². The van der Waals surface area contributed by atoms with Crippen molar-refractivity contribution in [2.75, 3.05) is 0 Å². The first-order valence-corrected chi connectivity index (χ1v) is 6.02. The maximum atomic E-state index is 11.7. The second-order valence-corrected chi connectivity index (χ2v) is 5.21. The van der Waals surface area contributed by atoms with Gasteiger partial charge in [-0.25, -0.2) is 0 Å². The molecule has 0 aliphatic rings. The maximum absolute atomic E-state index is 11.7. The Morgan fingerprint density at radius 3 is 2.40 bits per heavy atom. The molecule has 0 radical (unpaired) electrons. The Labute approximate surface area is 117 Å². The molecule has 0 spiro atoms. The molecule has 1 atom stereocenters. The summed E-state index contributed by atoms with van der Waals surface area (Å²) < 4.78 is 5.19. The fraction of sp³-hybridized carbons (Fsp3) is 0.462. The van der Waals surface area contributed by atoms with Gasteiger partial charge in [-0.15, -0.1) is 0 Å². The van der Waals surface area contributed by atoms with Crippen molar-refractivity contribution >= 4 is 5.97 Å². The summed E-state index contributed by atoms with van der Waals surface area (Å²) >= 11 is 0. The Morgan fingerprint density at radius 1 is 1.30 bits per heavy atom. The van der Waals surface area contributed by atoms with E-state index in [0.29, 0.717) is 6.42 Å². The lowest BCUT2D eigenvalue weighted by molar-refractivity contribution is -0.838. The van der Waals surface area contributed by atoms with Gasteiger partial charge in [-0.05, 0) is 49.9 Å². The minimum absolute atomic E-state index is 0.287.